The molecule has 0 heterocycles. The third-order valence-corrected chi connectivity index (χ3v) is 6.36. The van der Waals surface area contributed by atoms with E-state index in [0.29, 0.717) is 19.5 Å². The number of carbonyl (C=O) groups excluding carboxylic acids is 3. The Morgan fingerprint density at radius 1 is 0.872 bits per heavy atom. The summed E-state index contributed by atoms with van der Waals surface area (Å²) in [5.41, 5.74) is 2.09. The zero-order valence-corrected chi connectivity index (χ0v) is 24.6. The minimum Gasteiger partial charge on any atom is -0.444 e. The molecule has 2 N–H and O–H groups in total. The molecule has 7 heteroatoms. The summed E-state index contributed by atoms with van der Waals surface area (Å²) in [6, 6.07) is 15.7. The third kappa shape index (κ3) is 10.7. The first-order chi connectivity index (χ1) is 18.6. The van der Waals surface area contributed by atoms with Crippen molar-refractivity contribution in [3.8, 4) is 0 Å². The summed E-state index contributed by atoms with van der Waals surface area (Å²) in [4.78, 5) is 42.3. The molecule has 0 aliphatic carbocycles. The van der Waals surface area contributed by atoms with Gasteiger partial charge in [-0.05, 0) is 56.7 Å². The lowest BCUT2D eigenvalue weighted by Gasteiger charge is -2.34. The Hall–Kier alpha value is -3.35. The van der Waals surface area contributed by atoms with E-state index in [1.54, 1.807) is 25.7 Å². The molecule has 2 aromatic rings. The Bertz CT molecular complexity index is 1030. The smallest absolute Gasteiger partial charge is 0.408 e. The molecule has 0 aliphatic heterocycles. The molecule has 2 rings (SSSR count). The molecular weight excluding hydrogens is 490 g/mol. The van der Waals surface area contributed by atoms with Crippen LogP contribution < -0.4 is 10.6 Å². The number of hydrogen-bond acceptors (Lipinski definition) is 4. The Labute approximate surface area is 234 Å². The van der Waals surface area contributed by atoms with Crippen molar-refractivity contribution in [2.24, 2.45) is 0 Å². The van der Waals surface area contributed by atoms with Crippen LogP contribution in [0.1, 0.15) is 90.0 Å². The summed E-state index contributed by atoms with van der Waals surface area (Å²) in [6.45, 7) is 12.4. The molecule has 39 heavy (non-hydrogen) atoms. The maximum atomic E-state index is 14.2. The molecule has 2 aromatic carbocycles. The van der Waals surface area contributed by atoms with Crippen LogP contribution >= 0.6 is 0 Å². The molecule has 0 saturated heterocycles. The van der Waals surface area contributed by atoms with Crippen molar-refractivity contribution in [2.45, 2.75) is 97.8 Å². The number of rotatable bonds is 14. The SMILES string of the molecule is CCCCCNC(=O)C(c1ccc(CC)cc1)N(CCC)C(=O)C(Cc1ccccc1)NC(=O)OC(C)(C)C. The first-order valence-electron chi connectivity index (χ1n) is 14.3. The van der Waals surface area contributed by atoms with Crippen molar-refractivity contribution in [2.75, 3.05) is 13.1 Å². The van der Waals surface area contributed by atoms with Crippen LogP contribution in [0.2, 0.25) is 0 Å². The van der Waals surface area contributed by atoms with E-state index < -0.39 is 23.8 Å². The number of ether oxygens (including phenoxy) is 1. The van der Waals surface area contributed by atoms with E-state index in [0.717, 1.165) is 42.4 Å². The Morgan fingerprint density at radius 2 is 1.54 bits per heavy atom. The highest BCUT2D eigenvalue weighted by atomic mass is 16.6. The lowest BCUT2D eigenvalue weighted by Crippen LogP contribution is -2.54. The molecule has 0 aliphatic rings. The quantitative estimate of drug-likeness (QED) is 0.291. The molecule has 0 aromatic heterocycles. The zero-order chi connectivity index (χ0) is 28.8. The Morgan fingerprint density at radius 3 is 2.10 bits per heavy atom. The Kier molecular flexibility index (Phi) is 13.0. The molecule has 0 saturated carbocycles. The first kappa shape index (κ1) is 31.9. The minimum absolute atomic E-state index is 0.215. The number of carbonyl (C=O) groups is 3. The monoisotopic (exact) mass is 537 g/mol. The molecule has 0 radical (unpaired) electrons. The maximum Gasteiger partial charge on any atom is 0.408 e. The van der Waals surface area contributed by atoms with E-state index in [1.165, 1.54) is 0 Å². The van der Waals surface area contributed by atoms with Gasteiger partial charge in [-0.15, -0.1) is 0 Å². The number of benzene rings is 2. The summed E-state index contributed by atoms with van der Waals surface area (Å²) in [7, 11) is 0. The molecule has 2 unspecified atom stereocenters. The fourth-order valence-electron chi connectivity index (χ4n) is 4.40. The number of unbranched alkanes of at least 4 members (excludes halogenated alkanes) is 2. The van der Waals surface area contributed by atoms with Crippen LogP contribution in [-0.4, -0.2) is 47.5 Å². The van der Waals surface area contributed by atoms with Crippen molar-refractivity contribution in [1.29, 1.82) is 0 Å². The summed E-state index contributed by atoms with van der Waals surface area (Å²) in [6.07, 6.45) is 4.10. The summed E-state index contributed by atoms with van der Waals surface area (Å²) >= 11 is 0. The van der Waals surface area contributed by atoms with Crippen molar-refractivity contribution in [1.82, 2.24) is 15.5 Å². The van der Waals surface area contributed by atoms with Crippen LogP contribution in [0, 0.1) is 0 Å². The first-order valence-corrected chi connectivity index (χ1v) is 14.3. The van der Waals surface area contributed by atoms with Gasteiger partial charge in [0.05, 0.1) is 0 Å². The average Bonchev–Trinajstić information content (AvgIpc) is 2.90. The van der Waals surface area contributed by atoms with Gasteiger partial charge >= 0.3 is 6.09 Å². The molecule has 2 atom stereocenters. The van der Waals surface area contributed by atoms with Crippen LogP contribution in [0.5, 0.6) is 0 Å². The molecule has 0 fully saturated rings. The standard InChI is InChI=1S/C32H47N3O4/c1-7-10-14-21-33-29(36)28(26-19-17-24(9-3)18-20-26)35(22-8-2)30(37)27(23-25-15-12-11-13-16-25)34-31(38)39-32(4,5)6/h11-13,15-20,27-28H,7-10,14,21-23H2,1-6H3,(H,33,36)(H,34,38). The van der Waals surface area contributed by atoms with Crippen LogP contribution in [0.3, 0.4) is 0 Å². The second-order valence-electron chi connectivity index (χ2n) is 10.9. The predicted octanol–water partition coefficient (Wildman–Crippen LogP) is 5.97. The number of nitrogens with one attached hydrogen (secondary N) is 2. The van der Waals surface area contributed by atoms with Gasteiger partial charge < -0.3 is 20.3 Å². The molecule has 7 nitrogen and oxygen atoms in total. The van der Waals surface area contributed by atoms with Gasteiger partial charge in [0.2, 0.25) is 11.8 Å². The molecule has 0 spiro atoms. The van der Waals surface area contributed by atoms with Crippen molar-refractivity contribution in [3.05, 3.63) is 71.3 Å². The fraction of sp³-hybridized carbons (Fsp3) is 0.531. The summed E-state index contributed by atoms with van der Waals surface area (Å²) in [5, 5.41) is 5.85. The van der Waals surface area contributed by atoms with E-state index in [1.807, 2.05) is 61.5 Å². The minimum atomic E-state index is -0.904. The van der Waals surface area contributed by atoms with Crippen molar-refractivity contribution in [3.63, 3.8) is 0 Å². The number of nitrogens with zero attached hydrogens (tertiary/aromatic N) is 1. The zero-order valence-electron chi connectivity index (χ0n) is 24.6. The van der Waals surface area contributed by atoms with Crippen LogP contribution in [0.4, 0.5) is 4.79 Å². The molecule has 3 amide bonds. The van der Waals surface area contributed by atoms with Gasteiger partial charge in [-0.25, -0.2) is 4.79 Å². The lowest BCUT2D eigenvalue weighted by molar-refractivity contribution is -0.142. The summed E-state index contributed by atoms with van der Waals surface area (Å²) in [5.74, 6) is -0.535. The fourth-order valence-corrected chi connectivity index (χ4v) is 4.40. The predicted molar refractivity (Wildman–Crippen MR) is 156 cm³/mol. The highest BCUT2D eigenvalue weighted by molar-refractivity contribution is 5.92. The van der Waals surface area contributed by atoms with Gasteiger partial charge in [-0.3, -0.25) is 9.59 Å². The summed E-state index contributed by atoms with van der Waals surface area (Å²) < 4.78 is 5.49. The normalized spacial score (nSPS) is 12.8. The van der Waals surface area contributed by atoms with Gasteiger partial charge in [0.1, 0.15) is 17.7 Å². The van der Waals surface area contributed by atoms with Crippen LogP contribution in [0.25, 0.3) is 0 Å². The van der Waals surface area contributed by atoms with E-state index in [4.69, 9.17) is 4.74 Å². The molecule has 0 bridgehead atoms. The number of hydrogen-bond donors (Lipinski definition) is 2. The number of amides is 3. The van der Waals surface area contributed by atoms with Gasteiger partial charge in [-0.2, -0.15) is 0 Å². The molecular formula is C32H47N3O4. The second kappa shape index (κ2) is 15.9. The molecule has 214 valence electrons. The van der Waals surface area contributed by atoms with Gasteiger partial charge in [-0.1, -0.05) is 88.2 Å². The van der Waals surface area contributed by atoms with Crippen molar-refractivity contribution >= 4 is 17.9 Å². The third-order valence-electron chi connectivity index (χ3n) is 6.36. The van der Waals surface area contributed by atoms with Gasteiger partial charge in [0.15, 0.2) is 0 Å². The van der Waals surface area contributed by atoms with E-state index in [9.17, 15) is 14.4 Å². The number of alkyl carbamates (subject to hydrolysis) is 1. The van der Waals surface area contributed by atoms with E-state index >= 15 is 0 Å². The van der Waals surface area contributed by atoms with Gasteiger partial charge in [0, 0.05) is 19.5 Å². The highest BCUT2D eigenvalue weighted by Gasteiger charge is 2.36. The largest absolute Gasteiger partial charge is 0.444 e. The van der Waals surface area contributed by atoms with E-state index in [-0.39, 0.29) is 18.2 Å². The van der Waals surface area contributed by atoms with Crippen LogP contribution in [0.15, 0.2) is 54.6 Å². The maximum absolute atomic E-state index is 14.2. The van der Waals surface area contributed by atoms with Gasteiger partial charge in [0.25, 0.3) is 0 Å². The van der Waals surface area contributed by atoms with Crippen LogP contribution in [-0.2, 0) is 27.2 Å². The number of aryl methyl sites for hydroxylation is 1. The lowest BCUT2D eigenvalue weighted by atomic mass is 9.98. The topological polar surface area (TPSA) is 87.7 Å². The van der Waals surface area contributed by atoms with Crippen molar-refractivity contribution < 1.29 is 19.1 Å². The van der Waals surface area contributed by atoms with E-state index in [2.05, 4.69) is 24.5 Å². The Balaban J connectivity index is 2.46. The second-order valence-corrected chi connectivity index (χ2v) is 10.9. The average molecular weight is 538 g/mol. The highest BCUT2D eigenvalue weighted by Crippen LogP contribution is 2.24.